The average molecular weight is 340 g/mol. The van der Waals surface area contributed by atoms with E-state index in [9.17, 15) is 4.79 Å². The standard InChI is InChI=1S/C16H22BrNO2/c1-2-20-15-10-9-12(17)11-14(15)16(19)18-13-7-5-3-4-6-8-13/h9-11,13H,2-8H2,1H3,(H,18,19). The number of ether oxygens (including phenoxy) is 1. The summed E-state index contributed by atoms with van der Waals surface area (Å²) in [7, 11) is 0. The second-order valence-corrected chi connectivity index (χ2v) is 6.15. The Morgan fingerprint density at radius 2 is 2.00 bits per heavy atom. The highest BCUT2D eigenvalue weighted by atomic mass is 79.9. The van der Waals surface area contributed by atoms with Gasteiger partial charge in [-0.05, 0) is 38.0 Å². The lowest BCUT2D eigenvalue weighted by Crippen LogP contribution is -2.34. The molecule has 0 unspecified atom stereocenters. The fourth-order valence-corrected chi connectivity index (χ4v) is 3.01. The quantitative estimate of drug-likeness (QED) is 0.830. The first-order valence-electron chi connectivity index (χ1n) is 7.44. The second kappa shape index (κ2) is 7.67. The Morgan fingerprint density at radius 3 is 2.65 bits per heavy atom. The van der Waals surface area contributed by atoms with Crippen LogP contribution >= 0.6 is 15.9 Å². The van der Waals surface area contributed by atoms with Crippen molar-refractivity contribution < 1.29 is 9.53 Å². The fraction of sp³-hybridized carbons (Fsp3) is 0.562. The molecule has 20 heavy (non-hydrogen) atoms. The number of amides is 1. The van der Waals surface area contributed by atoms with Gasteiger partial charge in [0.2, 0.25) is 0 Å². The Balaban J connectivity index is 2.09. The van der Waals surface area contributed by atoms with E-state index in [0.29, 0.717) is 24.0 Å². The van der Waals surface area contributed by atoms with Crippen molar-refractivity contribution in [2.75, 3.05) is 6.61 Å². The highest BCUT2D eigenvalue weighted by Crippen LogP contribution is 2.24. The number of nitrogens with one attached hydrogen (secondary N) is 1. The third kappa shape index (κ3) is 4.23. The summed E-state index contributed by atoms with van der Waals surface area (Å²) in [4.78, 5) is 12.5. The molecule has 110 valence electrons. The molecule has 1 aliphatic rings. The van der Waals surface area contributed by atoms with E-state index in [1.807, 2.05) is 25.1 Å². The molecular weight excluding hydrogens is 318 g/mol. The number of carbonyl (C=O) groups excluding carboxylic acids is 1. The van der Waals surface area contributed by atoms with Crippen molar-refractivity contribution in [3.63, 3.8) is 0 Å². The number of rotatable bonds is 4. The molecule has 2 rings (SSSR count). The van der Waals surface area contributed by atoms with Crippen molar-refractivity contribution in [1.82, 2.24) is 5.32 Å². The predicted octanol–water partition coefficient (Wildman–Crippen LogP) is 4.30. The van der Waals surface area contributed by atoms with Crippen molar-refractivity contribution in [2.45, 2.75) is 51.5 Å². The number of benzene rings is 1. The summed E-state index contributed by atoms with van der Waals surface area (Å²) in [6, 6.07) is 5.87. The Hall–Kier alpha value is -1.03. The molecule has 0 bridgehead atoms. The minimum absolute atomic E-state index is 0.0262. The maximum Gasteiger partial charge on any atom is 0.255 e. The molecule has 3 nitrogen and oxygen atoms in total. The van der Waals surface area contributed by atoms with Crippen molar-refractivity contribution in [1.29, 1.82) is 0 Å². The van der Waals surface area contributed by atoms with E-state index in [-0.39, 0.29) is 5.91 Å². The number of carbonyl (C=O) groups is 1. The maximum atomic E-state index is 12.5. The molecule has 1 aliphatic carbocycles. The molecule has 1 saturated carbocycles. The second-order valence-electron chi connectivity index (χ2n) is 5.24. The molecule has 1 amide bonds. The van der Waals surface area contributed by atoms with Crippen LogP contribution in [0.1, 0.15) is 55.8 Å². The maximum absolute atomic E-state index is 12.5. The SMILES string of the molecule is CCOc1ccc(Br)cc1C(=O)NC1CCCCCC1. The van der Waals surface area contributed by atoms with Crippen LogP contribution in [0.4, 0.5) is 0 Å². The molecule has 1 aromatic carbocycles. The van der Waals surface area contributed by atoms with Crippen LogP contribution in [0.3, 0.4) is 0 Å². The van der Waals surface area contributed by atoms with Crippen LogP contribution in [0, 0.1) is 0 Å². The van der Waals surface area contributed by atoms with E-state index in [2.05, 4.69) is 21.2 Å². The van der Waals surface area contributed by atoms with Gasteiger partial charge in [-0.25, -0.2) is 0 Å². The number of hydrogen-bond donors (Lipinski definition) is 1. The first kappa shape index (κ1) is 15.4. The summed E-state index contributed by atoms with van der Waals surface area (Å²) in [5.74, 6) is 0.628. The monoisotopic (exact) mass is 339 g/mol. The van der Waals surface area contributed by atoms with E-state index in [4.69, 9.17) is 4.74 Å². The summed E-state index contributed by atoms with van der Waals surface area (Å²) in [6.07, 6.45) is 7.16. The van der Waals surface area contributed by atoms with Crippen LogP contribution in [0.25, 0.3) is 0 Å². The van der Waals surface area contributed by atoms with Gasteiger partial charge in [0.15, 0.2) is 0 Å². The normalized spacial score (nSPS) is 16.5. The highest BCUT2D eigenvalue weighted by molar-refractivity contribution is 9.10. The van der Waals surface area contributed by atoms with Gasteiger partial charge >= 0.3 is 0 Å². The molecular formula is C16H22BrNO2. The third-order valence-corrected chi connectivity index (χ3v) is 4.17. The van der Waals surface area contributed by atoms with Crippen LogP contribution in [0.15, 0.2) is 22.7 Å². The minimum atomic E-state index is -0.0262. The first-order chi connectivity index (χ1) is 9.70. The first-order valence-corrected chi connectivity index (χ1v) is 8.23. The predicted molar refractivity (Wildman–Crippen MR) is 84.3 cm³/mol. The van der Waals surface area contributed by atoms with Gasteiger partial charge in [0.1, 0.15) is 5.75 Å². The smallest absolute Gasteiger partial charge is 0.255 e. The molecule has 0 radical (unpaired) electrons. The number of halogens is 1. The van der Waals surface area contributed by atoms with Gasteiger partial charge < -0.3 is 10.1 Å². The summed E-state index contributed by atoms with van der Waals surface area (Å²) in [5.41, 5.74) is 0.616. The molecule has 0 saturated heterocycles. The molecule has 0 aromatic heterocycles. The third-order valence-electron chi connectivity index (χ3n) is 3.68. The number of hydrogen-bond acceptors (Lipinski definition) is 2. The Bertz CT molecular complexity index is 454. The molecule has 4 heteroatoms. The Kier molecular flexibility index (Phi) is 5.89. The van der Waals surface area contributed by atoms with Crippen LogP contribution in [-0.4, -0.2) is 18.6 Å². The molecule has 1 aromatic rings. The molecule has 1 N–H and O–H groups in total. The molecule has 0 aliphatic heterocycles. The molecule has 0 atom stereocenters. The Morgan fingerprint density at radius 1 is 1.30 bits per heavy atom. The Labute approximate surface area is 129 Å². The fourth-order valence-electron chi connectivity index (χ4n) is 2.65. The summed E-state index contributed by atoms with van der Waals surface area (Å²) >= 11 is 3.42. The van der Waals surface area contributed by atoms with Gasteiger partial charge in [0, 0.05) is 10.5 Å². The van der Waals surface area contributed by atoms with Gasteiger partial charge in [-0.2, -0.15) is 0 Å². The van der Waals surface area contributed by atoms with Crippen molar-refractivity contribution >= 4 is 21.8 Å². The summed E-state index contributed by atoms with van der Waals surface area (Å²) in [5, 5.41) is 3.16. The van der Waals surface area contributed by atoms with E-state index in [0.717, 1.165) is 17.3 Å². The molecule has 0 heterocycles. The van der Waals surface area contributed by atoms with Crippen molar-refractivity contribution in [3.8, 4) is 5.75 Å². The van der Waals surface area contributed by atoms with E-state index >= 15 is 0 Å². The van der Waals surface area contributed by atoms with Gasteiger partial charge in [-0.1, -0.05) is 41.6 Å². The van der Waals surface area contributed by atoms with Crippen LogP contribution < -0.4 is 10.1 Å². The van der Waals surface area contributed by atoms with Crippen molar-refractivity contribution in [2.24, 2.45) is 0 Å². The largest absolute Gasteiger partial charge is 0.493 e. The molecule has 0 spiro atoms. The van der Waals surface area contributed by atoms with E-state index in [1.54, 1.807) is 0 Å². The van der Waals surface area contributed by atoms with Crippen LogP contribution in [-0.2, 0) is 0 Å². The minimum Gasteiger partial charge on any atom is -0.493 e. The van der Waals surface area contributed by atoms with Gasteiger partial charge in [-0.15, -0.1) is 0 Å². The highest BCUT2D eigenvalue weighted by Gasteiger charge is 2.18. The lowest BCUT2D eigenvalue weighted by Gasteiger charge is -2.17. The lowest BCUT2D eigenvalue weighted by atomic mass is 10.1. The van der Waals surface area contributed by atoms with Crippen LogP contribution in [0.2, 0.25) is 0 Å². The zero-order valence-corrected chi connectivity index (χ0v) is 13.5. The van der Waals surface area contributed by atoms with Crippen LogP contribution in [0.5, 0.6) is 5.75 Å². The van der Waals surface area contributed by atoms with Crippen molar-refractivity contribution in [3.05, 3.63) is 28.2 Å². The zero-order valence-electron chi connectivity index (χ0n) is 12.0. The van der Waals surface area contributed by atoms with Gasteiger partial charge in [0.05, 0.1) is 12.2 Å². The van der Waals surface area contributed by atoms with Gasteiger partial charge in [0.25, 0.3) is 5.91 Å². The van der Waals surface area contributed by atoms with Gasteiger partial charge in [-0.3, -0.25) is 4.79 Å². The summed E-state index contributed by atoms with van der Waals surface area (Å²) in [6.45, 7) is 2.49. The summed E-state index contributed by atoms with van der Waals surface area (Å²) < 4.78 is 6.44. The average Bonchev–Trinajstić information content (AvgIpc) is 2.69. The molecule has 1 fully saturated rings. The van der Waals surface area contributed by atoms with E-state index < -0.39 is 0 Å². The lowest BCUT2D eigenvalue weighted by molar-refractivity contribution is 0.0929. The topological polar surface area (TPSA) is 38.3 Å². The zero-order chi connectivity index (χ0) is 14.4. The van der Waals surface area contributed by atoms with E-state index in [1.165, 1.54) is 25.7 Å².